The van der Waals surface area contributed by atoms with E-state index in [1.54, 1.807) is 12.1 Å². The molecule has 1 aliphatic carbocycles. The molecule has 0 aliphatic heterocycles. The Hall–Kier alpha value is -2.60. The second kappa shape index (κ2) is 8.19. The number of ether oxygens (including phenoxy) is 1. The molecule has 2 aromatic carbocycles. The fourth-order valence-corrected chi connectivity index (χ4v) is 2.70. The SMILES string of the molecule is CCC(CO)NC(=O)c1cc2ccccc2cc1OCC(=O)NC1CC1. The van der Waals surface area contributed by atoms with Crippen LogP contribution in [0.15, 0.2) is 36.4 Å². The van der Waals surface area contributed by atoms with Crippen molar-refractivity contribution in [3.63, 3.8) is 0 Å². The highest BCUT2D eigenvalue weighted by Crippen LogP contribution is 2.26. The number of benzene rings is 2. The minimum Gasteiger partial charge on any atom is -0.483 e. The molecule has 1 aliphatic rings. The third-order valence-electron chi connectivity index (χ3n) is 4.44. The summed E-state index contributed by atoms with van der Waals surface area (Å²) in [5.41, 5.74) is 0.356. The Balaban J connectivity index is 1.82. The molecule has 0 radical (unpaired) electrons. The van der Waals surface area contributed by atoms with Crippen LogP contribution in [0.3, 0.4) is 0 Å². The van der Waals surface area contributed by atoms with E-state index in [2.05, 4.69) is 10.6 Å². The van der Waals surface area contributed by atoms with Crippen LogP contribution in [0.5, 0.6) is 5.75 Å². The molecule has 0 spiro atoms. The van der Waals surface area contributed by atoms with E-state index in [-0.39, 0.29) is 37.1 Å². The van der Waals surface area contributed by atoms with Crippen LogP contribution in [0.2, 0.25) is 0 Å². The fraction of sp³-hybridized carbons (Fsp3) is 0.400. The van der Waals surface area contributed by atoms with E-state index in [1.165, 1.54) is 0 Å². The second-order valence-electron chi connectivity index (χ2n) is 6.59. The van der Waals surface area contributed by atoms with Gasteiger partial charge < -0.3 is 20.5 Å². The molecule has 138 valence electrons. The number of hydrogen-bond acceptors (Lipinski definition) is 4. The van der Waals surface area contributed by atoms with Crippen molar-refractivity contribution in [2.24, 2.45) is 0 Å². The summed E-state index contributed by atoms with van der Waals surface area (Å²) in [5.74, 6) is -0.150. The number of amides is 2. The van der Waals surface area contributed by atoms with Crippen LogP contribution in [0, 0.1) is 0 Å². The van der Waals surface area contributed by atoms with Gasteiger partial charge in [0.1, 0.15) is 5.75 Å². The Morgan fingerprint density at radius 3 is 2.54 bits per heavy atom. The Bertz CT molecular complexity index is 797. The van der Waals surface area contributed by atoms with Gasteiger partial charge >= 0.3 is 0 Å². The van der Waals surface area contributed by atoms with E-state index in [0.29, 0.717) is 17.7 Å². The normalized spacial score (nSPS) is 14.7. The molecule has 0 bridgehead atoms. The zero-order valence-electron chi connectivity index (χ0n) is 14.8. The summed E-state index contributed by atoms with van der Waals surface area (Å²) < 4.78 is 5.67. The molecule has 6 nitrogen and oxygen atoms in total. The van der Waals surface area contributed by atoms with E-state index in [1.807, 2.05) is 31.2 Å². The van der Waals surface area contributed by atoms with Gasteiger partial charge in [-0.2, -0.15) is 0 Å². The maximum Gasteiger partial charge on any atom is 0.258 e. The lowest BCUT2D eigenvalue weighted by Crippen LogP contribution is -2.37. The molecule has 1 fully saturated rings. The van der Waals surface area contributed by atoms with E-state index >= 15 is 0 Å². The van der Waals surface area contributed by atoms with Crippen molar-refractivity contribution in [1.29, 1.82) is 0 Å². The highest BCUT2D eigenvalue weighted by molar-refractivity contribution is 6.01. The van der Waals surface area contributed by atoms with Gasteiger partial charge in [-0.3, -0.25) is 9.59 Å². The van der Waals surface area contributed by atoms with Crippen molar-refractivity contribution in [2.45, 2.75) is 38.3 Å². The monoisotopic (exact) mass is 356 g/mol. The van der Waals surface area contributed by atoms with Crippen LogP contribution in [0.25, 0.3) is 10.8 Å². The molecule has 26 heavy (non-hydrogen) atoms. The van der Waals surface area contributed by atoms with Gasteiger partial charge in [-0.05, 0) is 42.2 Å². The van der Waals surface area contributed by atoms with Crippen molar-refractivity contribution in [3.05, 3.63) is 42.0 Å². The van der Waals surface area contributed by atoms with Gasteiger partial charge in [0.15, 0.2) is 6.61 Å². The fourth-order valence-electron chi connectivity index (χ4n) is 2.70. The van der Waals surface area contributed by atoms with Crippen LogP contribution in [-0.4, -0.2) is 42.2 Å². The van der Waals surface area contributed by atoms with Gasteiger partial charge in [0.05, 0.1) is 18.2 Å². The summed E-state index contributed by atoms with van der Waals surface area (Å²) in [6, 6.07) is 11.1. The summed E-state index contributed by atoms with van der Waals surface area (Å²) >= 11 is 0. The van der Waals surface area contributed by atoms with Crippen LogP contribution in [0.1, 0.15) is 36.5 Å². The number of rotatable bonds is 8. The number of hydrogen-bond donors (Lipinski definition) is 3. The van der Waals surface area contributed by atoms with E-state index in [4.69, 9.17) is 4.74 Å². The molecule has 6 heteroatoms. The van der Waals surface area contributed by atoms with E-state index in [9.17, 15) is 14.7 Å². The highest BCUT2D eigenvalue weighted by atomic mass is 16.5. The number of carbonyl (C=O) groups is 2. The van der Waals surface area contributed by atoms with Crippen LogP contribution in [-0.2, 0) is 4.79 Å². The molecule has 2 amide bonds. The first-order chi connectivity index (χ1) is 12.6. The van der Waals surface area contributed by atoms with E-state index in [0.717, 1.165) is 23.6 Å². The van der Waals surface area contributed by atoms with Crippen LogP contribution in [0.4, 0.5) is 0 Å². The zero-order valence-corrected chi connectivity index (χ0v) is 14.8. The Labute approximate surface area is 152 Å². The first-order valence-corrected chi connectivity index (χ1v) is 8.97. The molecule has 0 aromatic heterocycles. The lowest BCUT2D eigenvalue weighted by atomic mass is 10.0. The summed E-state index contributed by atoms with van der Waals surface area (Å²) in [4.78, 5) is 24.6. The number of aliphatic hydroxyl groups excluding tert-OH is 1. The summed E-state index contributed by atoms with van der Waals surface area (Å²) in [6.07, 6.45) is 2.64. The van der Waals surface area contributed by atoms with Gasteiger partial charge in [-0.15, -0.1) is 0 Å². The number of fused-ring (bicyclic) bond motifs is 1. The zero-order chi connectivity index (χ0) is 18.5. The van der Waals surface area contributed by atoms with Crippen LogP contribution < -0.4 is 15.4 Å². The third-order valence-corrected chi connectivity index (χ3v) is 4.44. The Kier molecular flexibility index (Phi) is 5.73. The quantitative estimate of drug-likeness (QED) is 0.675. The van der Waals surface area contributed by atoms with Gasteiger partial charge in [-0.1, -0.05) is 31.2 Å². The molecular formula is C20H24N2O4. The summed E-state index contributed by atoms with van der Waals surface area (Å²) in [7, 11) is 0. The van der Waals surface area contributed by atoms with Gasteiger partial charge in [-0.25, -0.2) is 0 Å². The molecule has 0 saturated heterocycles. The lowest BCUT2D eigenvalue weighted by Gasteiger charge is -2.17. The summed E-state index contributed by atoms with van der Waals surface area (Å²) in [5, 5.41) is 16.8. The third kappa shape index (κ3) is 4.52. The smallest absolute Gasteiger partial charge is 0.258 e. The molecule has 0 heterocycles. The average Bonchev–Trinajstić information content (AvgIpc) is 3.47. The molecular weight excluding hydrogens is 332 g/mol. The van der Waals surface area contributed by atoms with Gasteiger partial charge in [0, 0.05) is 6.04 Å². The molecule has 3 rings (SSSR count). The number of aliphatic hydroxyl groups is 1. The van der Waals surface area contributed by atoms with Gasteiger partial charge in [0.2, 0.25) is 0 Å². The van der Waals surface area contributed by atoms with E-state index < -0.39 is 0 Å². The van der Waals surface area contributed by atoms with Crippen molar-refractivity contribution in [2.75, 3.05) is 13.2 Å². The molecule has 3 N–H and O–H groups in total. The molecule has 1 saturated carbocycles. The largest absolute Gasteiger partial charge is 0.483 e. The van der Waals surface area contributed by atoms with Crippen molar-refractivity contribution >= 4 is 22.6 Å². The number of carbonyl (C=O) groups excluding carboxylic acids is 2. The van der Waals surface area contributed by atoms with Crippen LogP contribution >= 0.6 is 0 Å². The minimum atomic E-state index is -0.325. The standard InChI is InChI=1S/C20H24N2O4/c1-2-15(11-23)22-20(25)17-9-13-5-3-4-6-14(13)10-18(17)26-12-19(24)21-16-7-8-16/h3-6,9-10,15-16,23H,2,7-8,11-12H2,1H3,(H,21,24)(H,22,25). The molecule has 1 unspecified atom stereocenters. The second-order valence-corrected chi connectivity index (χ2v) is 6.59. The first-order valence-electron chi connectivity index (χ1n) is 8.97. The average molecular weight is 356 g/mol. The number of nitrogens with one attached hydrogen (secondary N) is 2. The molecule has 2 aromatic rings. The van der Waals surface area contributed by atoms with Crippen molar-refractivity contribution in [3.8, 4) is 5.75 Å². The predicted octanol–water partition coefficient (Wildman–Crippen LogP) is 2.00. The first kappa shape index (κ1) is 18.2. The van der Waals surface area contributed by atoms with Gasteiger partial charge in [0.25, 0.3) is 11.8 Å². The predicted molar refractivity (Wildman–Crippen MR) is 99.2 cm³/mol. The summed E-state index contributed by atoms with van der Waals surface area (Å²) in [6.45, 7) is 1.63. The Morgan fingerprint density at radius 1 is 1.23 bits per heavy atom. The maximum atomic E-state index is 12.7. The van der Waals surface area contributed by atoms with Crippen molar-refractivity contribution < 1.29 is 19.4 Å². The lowest BCUT2D eigenvalue weighted by molar-refractivity contribution is -0.123. The molecule has 1 atom stereocenters. The Morgan fingerprint density at radius 2 is 1.92 bits per heavy atom. The van der Waals surface area contributed by atoms with Crippen molar-refractivity contribution in [1.82, 2.24) is 10.6 Å². The maximum absolute atomic E-state index is 12.7. The topological polar surface area (TPSA) is 87.7 Å². The minimum absolute atomic E-state index is 0.129. The highest BCUT2D eigenvalue weighted by Gasteiger charge is 2.24.